The van der Waals surface area contributed by atoms with Gasteiger partial charge in [0.2, 0.25) is 5.91 Å². The molecule has 150 valence electrons. The zero-order valence-corrected chi connectivity index (χ0v) is 18.6. The van der Waals surface area contributed by atoms with Crippen LogP contribution in [0.4, 0.5) is 0 Å². The molecule has 0 spiro atoms. The summed E-state index contributed by atoms with van der Waals surface area (Å²) in [4.78, 5) is 19.4. The molecule has 1 aromatic heterocycles. The van der Waals surface area contributed by atoms with Crippen LogP contribution in [0, 0.1) is 6.92 Å². The van der Waals surface area contributed by atoms with Crippen molar-refractivity contribution in [1.29, 1.82) is 0 Å². The van der Waals surface area contributed by atoms with Gasteiger partial charge in [-0.05, 0) is 31.4 Å². The van der Waals surface area contributed by atoms with Crippen molar-refractivity contribution in [3.05, 3.63) is 35.5 Å². The number of hydrogen-bond acceptors (Lipinski definition) is 3. The summed E-state index contributed by atoms with van der Waals surface area (Å²) in [7, 11) is 1.60. The SMILES string of the molecule is CCNC(=NCC(=O)NCCOC)NCCc1c[nH]c2c(C)cccc12.I. The van der Waals surface area contributed by atoms with E-state index in [2.05, 4.69) is 57.2 Å². The highest BCUT2D eigenvalue weighted by molar-refractivity contribution is 14.0. The van der Waals surface area contributed by atoms with Gasteiger partial charge in [0, 0.05) is 43.8 Å². The van der Waals surface area contributed by atoms with Gasteiger partial charge in [0.05, 0.1) is 6.61 Å². The summed E-state index contributed by atoms with van der Waals surface area (Å²) in [6.07, 6.45) is 2.93. The third kappa shape index (κ3) is 7.37. The number of aliphatic imine (C=N–C) groups is 1. The van der Waals surface area contributed by atoms with Crippen LogP contribution in [-0.2, 0) is 16.0 Å². The van der Waals surface area contributed by atoms with Gasteiger partial charge < -0.3 is 25.7 Å². The van der Waals surface area contributed by atoms with Crippen LogP contribution in [0.1, 0.15) is 18.1 Å². The van der Waals surface area contributed by atoms with Crippen LogP contribution in [0.15, 0.2) is 29.4 Å². The number of ether oxygens (including phenoxy) is 1. The van der Waals surface area contributed by atoms with Gasteiger partial charge in [-0.25, -0.2) is 4.99 Å². The highest BCUT2D eigenvalue weighted by Crippen LogP contribution is 2.21. The predicted molar refractivity (Wildman–Crippen MR) is 121 cm³/mol. The minimum atomic E-state index is -0.119. The first-order valence-electron chi connectivity index (χ1n) is 8.99. The average molecular weight is 487 g/mol. The number of para-hydroxylation sites is 1. The van der Waals surface area contributed by atoms with Gasteiger partial charge in [0.15, 0.2) is 5.96 Å². The maximum absolute atomic E-state index is 11.7. The van der Waals surface area contributed by atoms with E-state index in [0.717, 1.165) is 19.5 Å². The monoisotopic (exact) mass is 487 g/mol. The van der Waals surface area contributed by atoms with E-state index in [1.165, 1.54) is 22.0 Å². The third-order valence-corrected chi connectivity index (χ3v) is 4.05. The molecule has 0 radical (unpaired) electrons. The van der Waals surface area contributed by atoms with Gasteiger partial charge in [-0.1, -0.05) is 18.2 Å². The van der Waals surface area contributed by atoms with Crippen LogP contribution in [0.3, 0.4) is 0 Å². The molecule has 2 aromatic rings. The molecule has 0 aliphatic rings. The molecule has 0 saturated heterocycles. The summed E-state index contributed by atoms with van der Waals surface area (Å²) in [5.74, 6) is 0.525. The first-order chi connectivity index (χ1) is 12.7. The second kappa shape index (κ2) is 12.6. The van der Waals surface area contributed by atoms with Crippen LogP contribution >= 0.6 is 24.0 Å². The Bertz CT molecular complexity index is 745. The predicted octanol–water partition coefficient (Wildman–Crippen LogP) is 1.95. The number of aryl methyl sites for hydroxylation is 1. The summed E-state index contributed by atoms with van der Waals surface area (Å²) >= 11 is 0. The van der Waals surface area contributed by atoms with Crippen LogP contribution in [0.2, 0.25) is 0 Å². The molecule has 1 amide bonds. The minimum absolute atomic E-state index is 0. The number of fused-ring (bicyclic) bond motifs is 1. The van der Waals surface area contributed by atoms with Gasteiger partial charge in [-0.15, -0.1) is 24.0 Å². The highest BCUT2D eigenvalue weighted by Gasteiger charge is 2.06. The van der Waals surface area contributed by atoms with E-state index in [0.29, 0.717) is 19.1 Å². The first-order valence-corrected chi connectivity index (χ1v) is 8.99. The van der Waals surface area contributed by atoms with Crippen LogP contribution in [0.5, 0.6) is 0 Å². The Morgan fingerprint density at radius 2 is 2.04 bits per heavy atom. The number of halogens is 1. The smallest absolute Gasteiger partial charge is 0.241 e. The lowest BCUT2D eigenvalue weighted by molar-refractivity contribution is -0.119. The molecular formula is C19H30IN5O2. The Balaban J connectivity index is 0.00000364. The van der Waals surface area contributed by atoms with Crippen LogP contribution < -0.4 is 16.0 Å². The number of amides is 1. The molecule has 0 fully saturated rings. The fourth-order valence-electron chi connectivity index (χ4n) is 2.73. The maximum Gasteiger partial charge on any atom is 0.241 e. The first kappa shape index (κ1) is 23.2. The van der Waals surface area contributed by atoms with Gasteiger partial charge in [-0.3, -0.25) is 4.79 Å². The van der Waals surface area contributed by atoms with E-state index in [4.69, 9.17) is 4.74 Å². The average Bonchev–Trinajstić information content (AvgIpc) is 3.04. The molecule has 4 N–H and O–H groups in total. The molecule has 0 unspecified atom stereocenters. The molecule has 7 nitrogen and oxygen atoms in total. The fraction of sp³-hybridized carbons (Fsp3) is 0.474. The molecule has 27 heavy (non-hydrogen) atoms. The van der Waals surface area contributed by atoms with Gasteiger partial charge in [-0.2, -0.15) is 0 Å². The minimum Gasteiger partial charge on any atom is -0.383 e. The summed E-state index contributed by atoms with van der Waals surface area (Å²) in [5, 5.41) is 10.4. The number of rotatable bonds is 9. The number of hydrogen-bond donors (Lipinski definition) is 4. The second-order valence-corrected chi connectivity index (χ2v) is 6.03. The Kier molecular flexibility index (Phi) is 10.8. The van der Waals surface area contributed by atoms with E-state index in [1.807, 2.05) is 6.92 Å². The van der Waals surface area contributed by atoms with E-state index in [-0.39, 0.29) is 36.4 Å². The normalized spacial score (nSPS) is 11.1. The van der Waals surface area contributed by atoms with Crippen molar-refractivity contribution in [2.75, 3.05) is 39.9 Å². The zero-order chi connectivity index (χ0) is 18.8. The van der Waals surface area contributed by atoms with Crippen molar-refractivity contribution in [2.45, 2.75) is 20.3 Å². The Morgan fingerprint density at radius 3 is 2.78 bits per heavy atom. The Morgan fingerprint density at radius 1 is 1.22 bits per heavy atom. The van der Waals surface area contributed by atoms with Gasteiger partial charge in [0.25, 0.3) is 0 Å². The second-order valence-electron chi connectivity index (χ2n) is 6.03. The molecule has 0 atom stereocenters. The topological polar surface area (TPSA) is 90.5 Å². The van der Waals surface area contributed by atoms with Gasteiger partial charge >= 0.3 is 0 Å². The number of aromatic amines is 1. The Labute approximate surface area is 177 Å². The van der Waals surface area contributed by atoms with Crippen molar-refractivity contribution >= 4 is 46.7 Å². The summed E-state index contributed by atoms with van der Waals surface area (Å²) in [6, 6.07) is 6.32. The molecule has 0 bridgehead atoms. The number of carbonyl (C=O) groups is 1. The molecule has 0 aliphatic heterocycles. The number of nitrogens with zero attached hydrogens (tertiary/aromatic N) is 1. The summed E-state index contributed by atoms with van der Waals surface area (Å²) in [6.45, 7) is 6.66. The number of nitrogens with one attached hydrogen (secondary N) is 4. The zero-order valence-electron chi connectivity index (χ0n) is 16.2. The number of benzene rings is 1. The standard InChI is InChI=1S/C19H29N5O2.HI/c1-4-20-19(24-13-17(25)21-10-11-26-3)22-9-8-15-12-23-18-14(2)6-5-7-16(15)18;/h5-7,12,23H,4,8-11,13H2,1-3H3,(H,21,25)(H2,20,22,24);1H. The maximum atomic E-state index is 11.7. The van der Waals surface area contributed by atoms with E-state index in [1.54, 1.807) is 7.11 Å². The van der Waals surface area contributed by atoms with E-state index >= 15 is 0 Å². The summed E-state index contributed by atoms with van der Waals surface area (Å²) in [5.41, 5.74) is 3.70. The largest absolute Gasteiger partial charge is 0.383 e. The number of carbonyl (C=O) groups excluding carboxylic acids is 1. The van der Waals surface area contributed by atoms with Crippen LogP contribution in [0.25, 0.3) is 10.9 Å². The highest BCUT2D eigenvalue weighted by atomic mass is 127. The number of aromatic nitrogens is 1. The quantitative estimate of drug-likeness (QED) is 0.189. The van der Waals surface area contributed by atoms with Crippen LogP contribution in [-0.4, -0.2) is 56.7 Å². The molecule has 8 heteroatoms. The lowest BCUT2D eigenvalue weighted by Crippen LogP contribution is -2.39. The lowest BCUT2D eigenvalue weighted by Gasteiger charge is -2.11. The van der Waals surface area contributed by atoms with Crippen molar-refractivity contribution in [3.63, 3.8) is 0 Å². The van der Waals surface area contributed by atoms with Gasteiger partial charge in [0.1, 0.15) is 6.54 Å². The number of H-pyrrole nitrogens is 1. The fourth-order valence-corrected chi connectivity index (χ4v) is 2.73. The van der Waals surface area contributed by atoms with E-state index < -0.39 is 0 Å². The van der Waals surface area contributed by atoms with Crippen molar-refractivity contribution < 1.29 is 9.53 Å². The molecule has 0 saturated carbocycles. The molecule has 0 aliphatic carbocycles. The molecular weight excluding hydrogens is 457 g/mol. The number of guanidine groups is 1. The molecule has 1 heterocycles. The van der Waals surface area contributed by atoms with Crippen molar-refractivity contribution in [3.8, 4) is 0 Å². The van der Waals surface area contributed by atoms with Crippen molar-refractivity contribution in [1.82, 2.24) is 20.9 Å². The van der Waals surface area contributed by atoms with Crippen molar-refractivity contribution in [2.24, 2.45) is 4.99 Å². The van der Waals surface area contributed by atoms with E-state index in [9.17, 15) is 4.79 Å². The summed E-state index contributed by atoms with van der Waals surface area (Å²) < 4.78 is 4.90. The number of methoxy groups -OCH3 is 1. The molecule has 1 aromatic carbocycles. The lowest BCUT2D eigenvalue weighted by atomic mass is 10.1. The molecule has 2 rings (SSSR count). The third-order valence-electron chi connectivity index (χ3n) is 4.05. The Hall–Kier alpha value is -1.81.